The van der Waals surface area contributed by atoms with Gasteiger partial charge in [-0.05, 0) is 17.7 Å². The fraction of sp³-hybridized carbons (Fsp3) is 0.167. The number of benzene rings is 1. The largest absolute Gasteiger partial charge is 0.416 e. The number of aliphatic hydroxyl groups is 1. The summed E-state index contributed by atoms with van der Waals surface area (Å²) in [5.74, 6) is 0. The first-order chi connectivity index (χ1) is 7.54. The summed E-state index contributed by atoms with van der Waals surface area (Å²) in [5, 5.41) is 8.44. The number of aliphatic hydroxyl groups excluding tert-OH is 1. The monoisotopic (exact) mass is 228 g/mol. The van der Waals surface area contributed by atoms with Gasteiger partial charge in [0, 0.05) is 0 Å². The van der Waals surface area contributed by atoms with Crippen LogP contribution in [0.25, 0.3) is 6.08 Å². The second kappa shape index (κ2) is 5.51. The lowest BCUT2D eigenvalue weighted by molar-refractivity contribution is -0.137. The van der Waals surface area contributed by atoms with Crippen LogP contribution in [0.5, 0.6) is 0 Å². The highest BCUT2D eigenvalue weighted by atomic mass is 19.4. The molecule has 0 unspecified atom stereocenters. The van der Waals surface area contributed by atoms with E-state index in [2.05, 4.69) is 0 Å². The van der Waals surface area contributed by atoms with Gasteiger partial charge >= 0.3 is 6.18 Å². The Hall–Kier alpha value is -1.55. The van der Waals surface area contributed by atoms with Crippen LogP contribution in [0.4, 0.5) is 13.2 Å². The first kappa shape index (κ1) is 12.5. The highest BCUT2D eigenvalue weighted by Gasteiger charge is 2.29. The Morgan fingerprint density at radius 3 is 2.19 bits per heavy atom. The van der Waals surface area contributed by atoms with Crippen LogP contribution in [0.15, 0.2) is 42.5 Å². The standard InChI is InChI=1S/C12H11F3O/c13-12(14,15)11-7-5-10(6-8-11)4-2-1-3-9-16/h1-8,16H,9H2. The van der Waals surface area contributed by atoms with E-state index in [-0.39, 0.29) is 6.61 Å². The average Bonchev–Trinajstić information content (AvgIpc) is 2.24. The second-order valence-corrected chi connectivity index (χ2v) is 3.09. The zero-order valence-electron chi connectivity index (χ0n) is 8.41. The van der Waals surface area contributed by atoms with E-state index in [0.717, 1.165) is 12.1 Å². The molecule has 0 spiro atoms. The van der Waals surface area contributed by atoms with Gasteiger partial charge in [-0.25, -0.2) is 0 Å². The number of halogens is 3. The molecule has 0 fully saturated rings. The van der Waals surface area contributed by atoms with Gasteiger partial charge in [-0.2, -0.15) is 13.2 Å². The number of hydrogen-bond acceptors (Lipinski definition) is 1. The van der Waals surface area contributed by atoms with Crippen molar-refractivity contribution < 1.29 is 18.3 Å². The zero-order chi connectivity index (χ0) is 12.0. The smallest absolute Gasteiger partial charge is 0.392 e. The van der Waals surface area contributed by atoms with Crippen molar-refractivity contribution in [3.8, 4) is 0 Å². The Labute approximate surface area is 91.5 Å². The van der Waals surface area contributed by atoms with Crippen molar-refractivity contribution in [2.45, 2.75) is 6.18 Å². The third kappa shape index (κ3) is 3.90. The van der Waals surface area contributed by atoms with E-state index in [9.17, 15) is 13.2 Å². The van der Waals surface area contributed by atoms with Crippen LogP contribution in [-0.4, -0.2) is 11.7 Å². The summed E-state index contributed by atoms with van der Waals surface area (Å²) >= 11 is 0. The van der Waals surface area contributed by atoms with Gasteiger partial charge in [0.15, 0.2) is 0 Å². The molecule has 0 radical (unpaired) electrons. The maximum Gasteiger partial charge on any atom is 0.416 e. The third-order valence-electron chi connectivity index (χ3n) is 1.88. The summed E-state index contributed by atoms with van der Waals surface area (Å²) in [6, 6.07) is 4.86. The topological polar surface area (TPSA) is 20.2 Å². The molecule has 0 aliphatic rings. The molecule has 0 aliphatic heterocycles. The highest BCUT2D eigenvalue weighted by molar-refractivity contribution is 5.51. The van der Waals surface area contributed by atoms with E-state index in [1.165, 1.54) is 18.2 Å². The Morgan fingerprint density at radius 1 is 1.06 bits per heavy atom. The summed E-state index contributed by atoms with van der Waals surface area (Å²) in [4.78, 5) is 0. The molecule has 0 saturated heterocycles. The molecule has 16 heavy (non-hydrogen) atoms. The summed E-state index contributed by atoms with van der Waals surface area (Å²) in [6.45, 7) is -0.0582. The van der Waals surface area contributed by atoms with Crippen molar-refractivity contribution in [3.05, 3.63) is 53.6 Å². The van der Waals surface area contributed by atoms with E-state index in [1.807, 2.05) is 0 Å². The molecule has 1 aromatic rings. The molecular weight excluding hydrogens is 217 g/mol. The molecule has 1 nitrogen and oxygen atoms in total. The maximum atomic E-state index is 12.2. The Kier molecular flexibility index (Phi) is 4.31. The molecule has 1 N–H and O–H groups in total. The van der Waals surface area contributed by atoms with Gasteiger partial charge in [0.05, 0.1) is 12.2 Å². The van der Waals surface area contributed by atoms with Crippen molar-refractivity contribution >= 4 is 6.08 Å². The van der Waals surface area contributed by atoms with Gasteiger partial charge in [-0.1, -0.05) is 36.4 Å². The van der Waals surface area contributed by atoms with Gasteiger partial charge < -0.3 is 5.11 Å². The van der Waals surface area contributed by atoms with Crippen LogP contribution in [-0.2, 0) is 6.18 Å². The van der Waals surface area contributed by atoms with Crippen LogP contribution < -0.4 is 0 Å². The molecule has 0 aliphatic carbocycles. The molecular formula is C12H11F3O. The van der Waals surface area contributed by atoms with Crippen LogP contribution >= 0.6 is 0 Å². The minimum absolute atomic E-state index is 0.0582. The van der Waals surface area contributed by atoms with Crippen molar-refractivity contribution in [1.29, 1.82) is 0 Å². The lowest BCUT2D eigenvalue weighted by Crippen LogP contribution is -2.03. The highest BCUT2D eigenvalue weighted by Crippen LogP contribution is 2.29. The Bertz CT molecular complexity index is 374. The average molecular weight is 228 g/mol. The molecule has 86 valence electrons. The van der Waals surface area contributed by atoms with Crippen molar-refractivity contribution in [2.75, 3.05) is 6.61 Å². The van der Waals surface area contributed by atoms with Gasteiger partial charge in [-0.3, -0.25) is 0 Å². The van der Waals surface area contributed by atoms with E-state index in [0.29, 0.717) is 5.56 Å². The molecule has 0 heterocycles. The first-order valence-electron chi connectivity index (χ1n) is 4.65. The summed E-state index contributed by atoms with van der Waals surface area (Å²) in [7, 11) is 0. The van der Waals surface area contributed by atoms with Crippen molar-refractivity contribution in [1.82, 2.24) is 0 Å². The predicted molar refractivity (Wildman–Crippen MR) is 56.7 cm³/mol. The van der Waals surface area contributed by atoms with Crippen LogP contribution in [0, 0.1) is 0 Å². The van der Waals surface area contributed by atoms with Gasteiger partial charge in [0.2, 0.25) is 0 Å². The molecule has 1 aromatic carbocycles. The van der Waals surface area contributed by atoms with Gasteiger partial charge in [0.25, 0.3) is 0 Å². The third-order valence-corrected chi connectivity index (χ3v) is 1.88. The molecule has 0 saturated carbocycles. The van der Waals surface area contributed by atoms with E-state index < -0.39 is 11.7 Å². The molecule has 0 bridgehead atoms. The number of rotatable bonds is 3. The van der Waals surface area contributed by atoms with Crippen LogP contribution in [0.1, 0.15) is 11.1 Å². The maximum absolute atomic E-state index is 12.2. The SMILES string of the molecule is OCC=CC=Cc1ccc(C(F)(F)F)cc1. The Balaban J connectivity index is 2.72. The molecule has 4 heteroatoms. The Morgan fingerprint density at radius 2 is 1.69 bits per heavy atom. The number of allylic oxidation sites excluding steroid dienone is 2. The van der Waals surface area contributed by atoms with E-state index in [1.54, 1.807) is 18.2 Å². The lowest BCUT2D eigenvalue weighted by atomic mass is 10.1. The molecule has 0 aromatic heterocycles. The molecule has 1 rings (SSSR count). The second-order valence-electron chi connectivity index (χ2n) is 3.09. The molecule has 0 atom stereocenters. The fourth-order valence-electron chi connectivity index (χ4n) is 1.09. The van der Waals surface area contributed by atoms with Crippen LogP contribution in [0.3, 0.4) is 0 Å². The summed E-state index contributed by atoms with van der Waals surface area (Å²) in [5.41, 5.74) is 0.0196. The van der Waals surface area contributed by atoms with Gasteiger partial charge in [-0.15, -0.1) is 0 Å². The number of hydrogen-bond donors (Lipinski definition) is 1. The fourth-order valence-corrected chi connectivity index (χ4v) is 1.09. The minimum Gasteiger partial charge on any atom is -0.392 e. The number of alkyl halides is 3. The van der Waals surface area contributed by atoms with Crippen LogP contribution in [0.2, 0.25) is 0 Å². The minimum atomic E-state index is -4.29. The van der Waals surface area contributed by atoms with E-state index in [4.69, 9.17) is 5.11 Å². The van der Waals surface area contributed by atoms with E-state index >= 15 is 0 Å². The first-order valence-corrected chi connectivity index (χ1v) is 4.65. The molecule has 0 amide bonds. The predicted octanol–water partition coefficient (Wildman–Crippen LogP) is 3.27. The summed E-state index contributed by atoms with van der Waals surface area (Å²) < 4.78 is 36.6. The van der Waals surface area contributed by atoms with Crippen molar-refractivity contribution in [2.24, 2.45) is 0 Å². The quantitative estimate of drug-likeness (QED) is 0.787. The zero-order valence-corrected chi connectivity index (χ0v) is 8.41. The lowest BCUT2D eigenvalue weighted by Gasteiger charge is -2.05. The summed E-state index contributed by atoms with van der Waals surface area (Å²) in [6.07, 6.45) is 2.17. The van der Waals surface area contributed by atoms with Gasteiger partial charge in [0.1, 0.15) is 0 Å². The van der Waals surface area contributed by atoms with Crippen molar-refractivity contribution in [3.63, 3.8) is 0 Å². The normalized spacial score (nSPS) is 12.8.